The van der Waals surface area contributed by atoms with E-state index in [9.17, 15) is 13.2 Å². The number of thioether (sulfide) groups is 1. The Bertz CT molecular complexity index is 1060. The molecule has 0 N–H and O–H groups in total. The lowest BCUT2D eigenvalue weighted by Crippen LogP contribution is -2.39. The van der Waals surface area contributed by atoms with Crippen molar-refractivity contribution >= 4 is 32.7 Å². The van der Waals surface area contributed by atoms with Crippen molar-refractivity contribution in [2.24, 2.45) is 4.99 Å². The number of amides is 1. The van der Waals surface area contributed by atoms with Crippen LogP contribution in [0.25, 0.3) is 0 Å². The van der Waals surface area contributed by atoms with Crippen LogP contribution < -0.4 is 9.47 Å². The van der Waals surface area contributed by atoms with Gasteiger partial charge in [-0.1, -0.05) is 42.1 Å². The molecule has 2 aliphatic heterocycles. The van der Waals surface area contributed by atoms with Gasteiger partial charge in [0.15, 0.2) is 21.6 Å². The number of rotatable bonds is 7. The number of carbonyl (C=O) groups excluding carboxylic acids is 1. The molecule has 0 bridgehead atoms. The topological polar surface area (TPSA) is 85.3 Å². The van der Waals surface area contributed by atoms with Crippen LogP contribution in [0, 0.1) is 0 Å². The van der Waals surface area contributed by atoms with Gasteiger partial charge in [0.05, 0.1) is 24.7 Å². The van der Waals surface area contributed by atoms with E-state index in [-0.39, 0.29) is 35.3 Å². The van der Waals surface area contributed by atoms with E-state index in [1.54, 1.807) is 19.2 Å². The van der Waals surface area contributed by atoms with E-state index in [1.165, 1.54) is 11.8 Å². The molecule has 0 saturated carbocycles. The first-order valence-electron chi connectivity index (χ1n) is 9.99. The molecule has 1 amide bonds. The molecule has 164 valence electrons. The van der Waals surface area contributed by atoms with Gasteiger partial charge in [-0.05, 0) is 36.2 Å². The Labute approximate surface area is 186 Å². The van der Waals surface area contributed by atoms with Crippen molar-refractivity contribution in [1.82, 2.24) is 4.90 Å². The number of aliphatic imine (C=N–C) groups is 1. The highest BCUT2D eigenvalue weighted by molar-refractivity contribution is 8.15. The number of benzene rings is 2. The third-order valence-corrected chi connectivity index (χ3v) is 8.55. The van der Waals surface area contributed by atoms with Crippen LogP contribution in [-0.4, -0.2) is 67.5 Å². The molecule has 4 rings (SSSR count). The number of nitrogens with zero attached hydrogens (tertiary/aromatic N) is 2. The predicted molar refractivity (Wildman–Crippen MR) is 122 cm³/mol. The normalized spacial score (nSPS) is 23.0. The van der Waals surface area contributed by atoms with Crippen molar-refractivity contribution in [3.8, 4) is 11.5 Å². The number of hydrogen-bond acceptors (Lipinski definition) is 6. The number of fused-ring (bicyclic) bond motifs is 1. The molecule has 0 aliphatic carbocycles. The molecule has 2 aromatic rings. The Morgan fingerprint density at radius 3 is 2.55 bits per heavy atom. The highest BCUT2D eigenvalue weighted by Crippen LogP contribution is 2.38. The Hall–Kier alpha value is -2.52. The monoisotopic (exact) mass is 460 g/mol. The maximum Gasteiger partial charge on any atom is 0.285 e. The Kier molecular flexibility index (Phi) is 6.52. The van der Waals surface area contributed by atoms with Gasteiger partial charge in [-0.3, -0.25) is 4.79 Å². The molecule has 0 spiro atoms. The summed E-state index contributed by atoms with van der Waals surface area (Å²) in [5.41, 5.74) is 1.10. The Morgan fingerprint density at radius 2 is 1.84 bits per heavy atom. The highest BCUT2D eigenvalue weighted by atomic mass is 32.2. The number of hydrogen-bond donors (Lipinski definition) is 0. The molecule has 2 atom stereocenters. The Morgan fingerprint density at radius 1 is 1.10 bits per heavy atom. The van der Waals surface area contributed by atoms with Crippen LogP contribution in [-0.2, 0) is 21.1 Å². The molecular weight excluding hydrogens is 436 g/mol. The van der Waals surface area contributed by atoms with Crippen LogP contribution in [0.4, 0.5) is 0 Å². The second kappa shape index (κ2) is 9.32. The molecule has 0 aromatic heterocycles. The molecule has 2 aliphatic rings. The van der Waals surface area contributed by atoms with E-state index in [0.29, 0.717) is 23.9 Å². The maximum absolute atomic E-state index is 12.4. The van der Waals surface area contributed by atoms with Gasteiger partial charge in [-0.2, -0.15) is 4.99 Å². The smallest absolute Gasteiger partial charge is 0.285 e. The third kappa shape index (κ3) is 5.40. The summed E-state index contributed by atoms with van der Waals surface area (Å²) in [4.78, 5) is 18.7. The fourth-order valence-electron chi connectivity index (χ4n) is 3.74. The molecular formula is C22H24N2O5S2. The van der Waals surface area contributed by atoms with E-state index in [2.05, 4.69) is 4.99 Å². The Balaban J connectivity index is 1.45. The second-order valence-electron chi connectivity index (χ2n) is 7.48. The lowest BCUT2D eigenvalue weighted by molar-refractivity contribution is -0.119. The van der Waals surface area contributed by atoms with Gasteiger partial charge in [-0.25, -0.2) is 8.42 Å². The lowest BCUT2D eigenvalue weighted by atomic mass is 10.1. The number of ether oxygens (including phenoxy) is 2. The zero-order valence-electron chi connectivity index (χ0n) is 17.1. The zero-order valence-corrected chi connectivity index (χ0v) is 18.8. The van der Waals surface area contributed by atoms with Gasteiger partial charge in [0.2, 0.25) is 0 Å². The van der Waals surface area contributed by atoms with Crippen molar-refractivity contribution in [3.05, 3.63) is 60.2 Å². The molecule has 9 heteroatoms. The van der Waals surface area contributed by atoms with Crippen molar-refractivity contribution in [2.45, 2.75) is 17.7 Å². The number of amidine groups is 1. The highest BCUT2D eigenvalue weighted by Gasteiger charge is 2.48. The molecule has 2 aromatic carbocycles. The van der Waals surface area contributed by atoms with Gasteiger partial charge in [0.1, 0.15) is 11.5 Å². The largest absolute Gasteiger partial charge is 0.497 e. The fraction of sp³-hybridized carbons (Fsp3) is 0.364. The van der Waals surface area contributed by atoms with Crippen LogP contribution >= 0.6 is 11.8 Å². The number of sulfone groups is 1. The average molecular weight is 461 g/mol. The summed E-state index contributed by atoms with van der Waals surface area (Å²) in [7, 11) is -1.45. The maximum atomic E-state index is 12.4. The number of methoxy groups -OCH3 is 1. The first-order valence-corrected chi connectivity index (χ1v) is 12.7. The van der Waals surface area contributed by atoms with Crippen LogP contribution in [0.3, 0.4) is 0 Å². The van der Waals surface area contributed by atoms with Gasteiger partial charge in [0, 0.05) is 11.8 Å². The quantitative estimate of drug-likeness (QED) is 0.627. The third-order valence-electron chi connectivity index (χ3n) is 5.30. The number of para-hydroxylation sites is 1. The van der Waals surface area contributed by atoms with Gasteiger partial charge in [-0.15, -0.1) is 0 Å². The van der Waals surface area contributed by atoms with Crippen molar-refractivity contribution in [2.75, 3.05) is 31.8 Å². The summed E-state index contributed by atoms with van der Waals surface area (Å²) in [6.45, 7) is 0.426. The number of carbonyl (C=O) groups is 1. The zero-order chi connectivity index (χ0) is 21.8. The fourth-order valence-corrected chi connectivity index (χ4v) is 7.73. The SMILES string of the molecule is COc1ccc(CCN2C(=NC(=O)COc3ccccc3)S[C@H]3CS(=O)(=O)C[C@@H]32)cc1. The summed E-state index contributed by atoms with van der Waals surface area (Å²) < 4.78 is 35.0. The average Bonchev–Trinajstić information content (AvgIpc) is 3.22. The molecule has 31 heavy (non-hydrogen) atoms. The van der Waals surface area contributed by atoms with Crippen molar-refractivity contribution < 1.29 is 22.7 Å². The standard InChI is InChI=1S/C22H24N2O5S2/c1-28-17-9-7-16(8-10-17)11-12-24-19-14-31(26,27)15-20(19)30-22(24)23-21(25)13-29-18-5-3-2-4-6-18/h2-10,19-20H,11-15H2,1H3/t19-,20-/m0/s1. The summed E-state index contributed by atoms with van der Waals surface area (Å²) in [6, 6.07) is 16.7. The minimum atomic E-state index is -3.07. The second-order valence-corrected chi connectivity index (χ2v) is 10.8. The van der Waals surface area contributed by atoms with Gasteiger partial charge >= 0.3 is 0 Å². The van der Waals surface area contributed by atoms with Gasteiger partial charge in [0.25, 0.3) is 5.91 Å². The first kappa shape index (κ1) is 21.7. The van der Waals surface area contributed by atoms with E-state index >= 15 is 0 Å². The molecule has 0 unspecified atom stereocenters. The van der Waals surface area contributed by atoms with Crippen molar-refractivity contribution in [3.63, 3.8) is 0 Å². The van der Waals surface area contributed by atoms with E-state index < -0.39 is 9.84 Å². The first-order chi connectivity index (χ1) is 14.9. The summed E-state index contributed by atoms with van der Waals surface area (Å²) in [5, 5.41) is 0.488. The summed E-state index contributed by atoms with van der Waals surface area (Å²) in [5.74, 6) is 1.22. The minimum Gasteiger partial charge on any atom is -0.497 e. The predicted octanol–water partition coefficient (Wildman–Crippen LogP) is 2.41. The molecule has 7 nitrogen and oxygen atoms in total. The molecule has 0 radical (unpaired) electrons. The van der Waals surface area contributed by atoms with E-state index in [1.807, 2.05) is 47.4 Å². The van der Waals surface area contributed by atoms with Crippen LogP contribution in [0.15, 0.2) is 59.6 Å². The van der Waals surface area contributed by atoms with Crippen molar-refractivity contribution in [1.29, 1.82) is 0 Å². The summed E-state index contributed by atoms with van der Waals surface area (Å²) in [6.07, 6.45) is 0.710. The van der Waals surface area contributed by atoms with E-state index in [4.69, 9.17) is 9.47 Å². The van der Waals surface area contributed by atoms with Crippen LogP contribution in [0.1, 0.15) is 5.56 Å². The minimum absolute atomic E-state index is 0.0949. The molecule has 2 fully saturated rings. The van der Waals surface area contributed by atoms with Crippen LogP contribution in [0.2, 0.25) is 0 Å². The lowest BCUT2D eigenvalue weighted by Gasteiger charge is -2.24. The molecule has 2 saturated heterocycles. The molecule has 2 heterocycles. The summed E-state index contributed by atoms with van der Waals surface area (Å²) >= 11 is 1.38. The van der Waals surface area contributed by atoms with E-state index in [0.717, 1.165) is 11.3 Å². The van der Waals surface area contributed by atoms with Crippen LogP contribution in [0.5, 0.6) is 11.5 Å². The van der Waals surface area contributed by atoms with Gasteiger partial charge < -0.3 is 14.4 Å².